The van der Waals surface area contributed by atoms with Gasteiger partial charge < -0.3 is 8.83 Å². The van der Waals surface area contributed by atoms with Crippen LogP contribution in [0.1, 0.15) is 16.3 Å². The van der Waals surface area contributed by atoms with Crippen molar-refractivity contribution >= 4 is 27.3 Å². The second kappa shape index (κ2) is 4.99. The van der Waals surface area contributed by atoms with E-state index in [2.05, 4.69) is 15.9 Å². The number of halogens is 1. The zero-order chi connectivity index (χ0) is 11.4. The lowest BCUT2D eigenvalue weighted by Gasteiger charge is -1.97. The number of alkyl halides is 1. The fourth-order valence-electron chi connectivity index (χ4n) is 1.28. The van der Waals surface area contributed by atoms with E-state index in [1.54, 1.807) is 24.5 Å². The highest BCUT2D eigenvalue weighted by molar-refractivity contribution is 9.09. The molecular formula is C12H9BrO3. The van der Waals surface area contributed by atoms with E-state index in [1.807, 2.05) is 6.07 Å². The summed E-state index contributed by atoms with van der Waals surface area (Å²) >= 11 is 3.32. The van der Waals surface area contributed by atoms with Crippen molar-refractivity contribution < 1.29 is 13.6 Å². The minimum absolute atomic E-state index is 0.171. The van der Waals surface area contributed by atoms with E-state index in [4.69, 9.17) is 8.83 Å². The Morgan fingerprint density at radius 1 is 1.19 bits per heavy atom. The molecule has 0 aromatic carbocycles. The molecule has 0 atom stereocenters. The van der Waals surface area contributed by atoms with Gasteiger partial charge in [0.15, 0.2) is 5.76 Å². The smallest absolute Gasteiger partial charge is 0.221 e. The summed E-state index contributed by atoms with van der Waals surface area (Å²) in [4.78, 5) is 11.7. The van der Waals surface area contributed by atoms with Gasteiger partial charge in [0, 0.05) is 10.9 Å². The minimum Gasteiger partial charge on any atom is -0.465 e. The molecule has 2 aromatic heterocycles. The van der Waals surface area contributed by atoms with Crippen LogP contribution in [0, 0.1) is 0 Å². The fourth-order valence-corrected chi connectivity index (χ4v) is 1.72. The second-order valence-electron chi connectivity index (χ2n) is 3.12. The molecule has 0 aliphatic carbocycles. The molecule has 0 N–H and O–H groups in total. The lowest BCUT2D eigenvalue weighted by Crippen LogP contribution is -1.94. The molecule has 0 unspecified atom stereocenters. The SMILES string of the molecule is O=C(C=C(CBr)c1ccco1)c1ccco1. The molecule has 2 heterocycles. The lowest BCUT2D eigenvalue weighted by atomic mass is 10.1. The molecule has 0 spiro atoms. The standard InChI is InChI=1S/C12H9BrO3/c13-8-9(11-3-1-5-15-11)7-10(14)12-4-2-6-16-12/h1-7H,8H2. The van der Waals surface area contributed by atoms with E-state index in [0.717, 1.165) is 5.57 Å². The average molecular weight is 281 g/mol. The molecule has 2 rings (SSSR count). The van der Waals surface area contributed by atoms with Gasteiger partial charge in [-0.05, 0) is 30.3 Å². The van der Waals surface area contributed by atoms with Gasteiger partial charge in [0.2, 0.25) is 5.78 Å². The van der Waals surface area contributed by atoms with Crippen LogP contribution < -0.4 is 0 Å². The summed E-state index contributed by atoms with van der Waals surface area (Å²) in [7, 11) is 0. The summed E-state index contributed by atoms with van der Waals surface area (Å²) in [5.74, 6) is 0.831. The first kappa shape index (κ1) is 11.0. The molecule has 4 heteroatoms. The van der Waals surface area contributed by atoms with Crippen LogP contribution >= 0.6 is 15.9 Å². The average Bonchev–Trinajstić information content (AvgIpc) is 2.96. The Morgan fingerprint density at radius 3 is 2.31 bits per heavy atom. The van der Waals surface area contributed by atoms with Crippen LogP contribution in [0.15, 0.2) is 51.7 Å². The summed E-state index contributed by atoms with van der Waals surface area (Å²) in [5, 5.41) is 0.549. The van der Waals surface area contributed by atoms with Gasteiger partial charge in [0.25, 0.3) is 0 Å². The van der Waals surface area contributed by atoms with E-state index >= 15 is 0 Å². The van der Waals surface area contributed by atoms with Gasteiger partial charge in [-0.25, -0.2) is 0 Å². The van der Waals surface area contributed by atoms with Gasteiger partial charge >= 0.3 is 0 Å². The van der Waals surface area contributed by atoms with Crippen LogP contribution in [0.2, 0.25) is 0 Å². The van der Waals surface area contributed by atoms with E-state index < -0.39 is 0 Å². The Hall–Kier alpha value is -1.55. The zero-order valence-corrected chi connectivity index (χ0v) is 9.94. The fraction of sp³-hybridized carbons (Fsp3) is 0.0833. The molecule has 0 aliphatic rings. The largest absolute Gasteiger partial charge is 0.465 e. The van der Waals surface area contributed by atoms with Gasteiger partial charge in [-0.3, -0.25) is 4.79 Å². The summed E-state index contributed by atoms with van der Waals surface area (Å²) in [6.07, 6.45) is 4.55. The van der Waals surface area contributed by atoms with Crippen molar-refractivity contribution in [2.75, 3.05) is 5.33 Å². The number of allylic oxidation sites excluding steroid dienone is 2. The van der Waals surface area contributed by atoms with Crippen molar-refractivity contribution in [3.05, 3.63) is 54.4 Å². The highest BCUT2D eigenvalue weighted by Crippen LogP contribution is 2.18. The number of carbonyl (C=O) groups is 1. The molecule has 82 valence electrons. The van der Waals surface area contributed by atoms with Crippen LogP contribution in [0.3, 0.4) is 0 Å². The normalized spacial score (nSPS) is 11.7. The van der Waals surface area contributed by atoms with Crippen molar-refractivity contribution in [3.8, 4) is 0 Å². The number of carbonyl (C=O) groups excluding carboxylic acids is 1. The number of hydrogen-bond acceptors (Lipinski definition) is 3. The van der Waals surface area contributed by atoms with Crippen LogP contribution in [0.4, 0.5) is 0 Å². The topological polar surface area (TPSA) is 43.4 Å². The van der Waals surface area contributed by atoms with Crippen LogP contribution in [0.5, 0.6) is 0 Å². The quantitative estimate of drug-likeness (QED) is 0.489. The van der Waals surface area contributed by atoms with Crippen molar-refractivity contribution in [2.24, 2.45) is 0 Å². The first-order chi connectivity index (χ1) is 7.81. The Balaban J connectivity index is 2.25. The molecule has 0 saturated carbocycles. The number of rotatable bonds is 4. The number of hydrogen-bond donors (Lipinski definition) is 0. The molecule has 0 radical (unpaired) electrons. The van der Waals surface area contributed by atoms with Gasteiger partial charge in [-0.2, -0.15) is 0 Å². The van der Waals surface area contributed by atoms with E-state index in [0.29, 0.717) is 16.9 Å². The Labute approximate surface area is 101 Å². The molecular weight excluding hydrogens is 272 g/mol. The Bertz CT molecular complexity index is 480. The third-order valence-corrected chi connectivity index (χ3v) is 2.66. The van der Waals surface area contributed by atoms with E-state index in [9.17, 15) is 4.79 Å². The Morgan fingerprint density at radius 2 is 1.81 bits per heavy atom. The zero-order valence-electron chi connectivity index (χ0n) is 8.35. The van der Waals surface area contributed by atoms with Crippen molar-refractivity contribution in [3.63, 3.8) is 0 Å². The molecule has 2 aromatic rings. The summed E-state index contributed by atoms with van der Waals surface area (Å²) < 4.78 is 10.2. The van der Waals surface area contributed by atoms with Crippen LogP contribution in [0.25, 0.3) is 5.57 Å². The Kier molecular flexibility index (Phi) is 3.41. The highest BCUT2D eigenvalue weighted by Gasteiger charge is 2.09. The molecule has 16 heavy (non-hydrogen) atoms. The summed E-state index contributed by atoms with van der Waals surface area (Å²) in [6.45, 7) is 0. The maximum atomic E-state index is 11.7. The molecule has 3 nitrogen and oxygen atoms in total. The maximum absolute atomic E-state index is 11.7. The van der Waals surface area contributed by atoms with Crippen molar-refractivity contribution in [1.82, 2.24) is 0 Å². The third kappa shape index (κ3) is 2.33. The lowest BCUT2D eigenvalue weighted by molar-refractivity contribution is 0.102. The summed E-state index contributed by atoms with van der Waals surface area (Å²) in [5.41, 5.74) is 0.784. The first-order valence-electron chi connectivity index (χ1n) is 4.69. The maximum Gasteiger partial charge on any atom is 0.221 e. The monoisotopic (exact) mass is 280 g/mol. The summed E-state index contributed by atoms with van der Waals surface area (Å²) in [6, 6.07) is 6.90. The predicted octanol–water partition coefficient (Wildman–Crippen LogP) is 3.53. The van der Waals surface area contributed by atoms with E-state index in [1.165, 1.54) is 12.3 Å². The molecule has 0 saturated heterocycles. The number of ketones is 1. The van der Waals surface area contributed by atoms with Crippen LogP contribution in [-0.4, -0.2) is 11.1 Å². The molecule has 0 bridgehead atoms. The predicted molar refractivity (Wildman–Crippen MR) is 63.5 cm³/mol. The second-order valence-corrected chi connectivity index (χ2v) is 3.68. The van der Waals surface area contributed by atoms with Crippen molar-refractivity contribution in [2.45, 2.75) is 0 Å². The van der Waals surface area contributed by atoms with Gasteiger partial charge in [0.1, 0.15) is 5.76 Å². The highest BCUT2D eigenvalue weighted by atomic mass is 79.9. The molecule has 0 fully saturated rings. The molecule has 0 aliphatic heterocycles. The van der Waals surface area contributed by atoms with Gasteiger partial charge in [-0.15, -0.1) is 0 Å². The van der Waals surface area contributed by atoms with Gasteiger partial charge in [-0.1, -0.05) is 15.9 Å². The molecule has 0 amide bonds. The third-order valence-electron chi connectivity index (χ3n) is 2.05. The first-order valence-corrected chi connectivity index (χ1v) is 5.81. The number of furan rings is 2. The van der Waals surface area contributed by atoms with E-state index in [-0.39, 0.29) is 5.78 Å². The van der Waals surface area contributed by atoms with Crippen LogP contribution in [-0.2, 0) is 0 Å². The minimum atomic E-state index is -0.171. The van der Waals surface area contributed by atoms with Crippen molar-refractivity contribution in [1.29, 1.82) is 0 Å². The van der Waals surface area contributed by atoms with Gasteiger partial charge in [0.05, 0.1) is 12.5 Å².